The summed E-state index contributed by atoms with van der Waals surface area (Å²) in [5, 5.41) is 0.570. The van der Waals surface area contributed by atoms with Crippen LogP contribution in [0.2, 0.25) is 0 Å². The second kappa shape index (κ2) is 11.8. The first kappa shape index (κ1) is 26.9. The van der Waals surface area contributed by atoms with Crippen molar-refractivity contribution >= 4 is 66.6 Å². The van der Waals surface area contributed by atoms with Crippen molar-refractivity contribution in [1.82, 2.24) is 9.88 Å². The molecule has 3 aromatic rings. The molecule has 0 N–H and O–H groups in total. The fraction of sp³-hybridized carbons (Fsp3) is 0.391. The van der Waals surface area contributed by atoms with Crippen LogP contribution in [0.4, 0.5) is 5.13 Å². The monoisotopic (exact) mass is 541 g/mol. The topological polar surface area (TPSA) is 79.8 Å². The molecular formula is C23H28ClN3O4S3. The van der Waals surface area contributed by atoms with Gasteiger partial charge in [0.25, 0.3) is 5.91 Å². The van der Waals surface area contributed by atoms with Crippen LogP contribution in [0.5, 0.6) is 0 Å². The van der Waals surface area contributed by atoms with E-state index in [0.29, 0.717) is 42.5 Å². The largest absolute Gasteiger partial charge is 0.379 e. The maximum absolute atomic E-state index is 13.5. The predicted octanol–water partition coefficient (Wildman–Crippen LogP) is 4.21. The molecule has 4 rings (SSSR count). The van der Waals surface area contributed by atoms with E-state index in [2.05, 4.69) is 16.8 Å². The molecule has 0 atom stereocenters. The summed E-state index contributed by atoms with van der Waals surface area (Å²) in [6.45, 7) is 6.36. The molecule has 7 nitrogen and oxygen atoms in total. The minimum absolute atomic E-state index is 0. The lowest BCUT2D eigenvalue weighted by molar-refractivity contribution is 0.0391. The number of aromatic nitrogens is 1. The highest BCUT2D eigenvalue weighted by Gasteiger charge is 2.23. The normalized spacial score (nSPS) is 14.6. The van der Waals surface area contributed by atoms with Crippen LogP contribution in [-0.2, 0) is 14.6 Å². The Balaban J connectivity index is 0.00000324. The first-order valence-corrected chi connectivity index (χ1v) is 14.5. The number of fused-ring (bicyclic) bond motifs is 1. The van der Waals surface area contributed by atoms with Crippen molar-refractivity contribution in [3.8, 4) is 0 Å². The van der Waals surface area contributed by atoms with Gasteiger partial charge in [0.05, 0.1) is 28.3 Å². The molecule has 184 valence electrons. The van der Waals surface area contributed by atoms with Gasteiger partial charge < -0.3 is 4.74 Å². The van der Waals surface area contributed by atoms with Crippen molar-refractivity contribution in [2.45, 2.75) is 16.7 Å². The first-order valence-electron chi connectivity index (χ1n) is 10.8. The number of amides is 1. The zero-order valence-corrected chi connectivity index (χ0v) is 22.4. The first-order chi connectivity index (χ1) is 15.8. The van der Waals surface area contributed by atoms with E-state index in [-0.39, 0.29) is 23.2 Å². The summed E-state index contributed by atoms with van der Waals surface area (Å²) in [5.74, 6) is 0.860. The van der Waals surface area contributed by atoms with Gasteiger partial charge in [0, 0.05) is 42.9 Å². The van der Waals surface area contributed by atoms with Crippen LogP contribution in [0, 0.1) is 0 Å². The third kappa shape index (κ3) is 6.50. The van der Waals surface area contributed by atoms with Crippen LogP contribution in [0.1, 0.15) is 17.3 Å². The number of thioether (sulfide) groups is 1. The van der Waals surface area contributed by atoms with Crippen molar-refractivity contribution < 1.29 is 17.9 Å². The molecule has 1 fully saturated rings. The lowest BCUT2D eigenvalue weighted by atomic mass is 10.2. The number of rotatable bonds is 8. The Morgan fingerprint density at radius 2 is 1.88 bits per heavy atom. The number of sulfone groups is 1. The average Bonchev–Trinajstić information content (AvgIpc) is 3.23. The number of thiazole rings is 1. The molecule has 0 aliphatic carbocycles. The Morgan fingerprint density at radius 1 is 1.18 bits per heavy atom. The standard InChI is InChI=1S/C23H27N3O4S3.ClH/c1-3-31-18-6-4-17(5-7-18)22(27)26(11-10-25-12-14-30-15-13-25)23-24-20-9-8-19(33(2,28)29)16-21(20)32-23;/h4-9,16H,3,10-15H2,1-2H3;1H. The van der Waals surface area contributed by atoms with Gasteiger partial charge in [0.2, 0.25) is 0 Å². The predicted molar refractivity (Wildman–Crippen MR) is 142 cm³/mol. The van der Waals surface area contributed by atoms with Gasteiger partial charge >= 0.3 is 0 Å². The van der Waals surface area contributed by atoms with Gasteiger partial charge in [0.1, 0.15) is 0 Å². The lowest BCUT2D eigenvalue weighted by Gasteiger charge is -2.29. The Labute approximate surface area is 214 Å². The van der Waals surface area contributed by atoms with Gasteiger partial charge in [-0.15, -0.1) is 24.2 Å². The van der Waals surface area contributed by atoms with Crippen LogP contribution in [0.15, 0.2) is 52.3 Å². The van der Waals surface area contributed by atoms with Gasteiger partial charge in [-0.25, -0.2) is 13.4 Å². The van der Waals surface area contributed by atoms with Crippen molar-refractivity contribution in [1.29, 1.82) is 0 Å². The highest BCUT2D eigenvalue weighted by atomic mass is 35.5. The molecule has 34 heavy (non-hydrogen) atoms. The number of hydrogen-bond acceptors (Lipinski definition) is 8. The summed E-state index contributed by atoms with van der Waals surface area (Å²) in [6.07, 6.45) is 1.19. The van der Waals surface area contributed by atoms with E-state index < -0.39 is 9.84 Å². The minimum Gasteiger partial charge on any atom is -0.379 e. The zero-order chi connectivity index (χ0) is 23.4. The maximum Gasteiger partial charge on any atom is 0.260 e. The van der Waals surface area contributed by atoms with Crippen LogP contribution in [0.25, 0.3) is 10.2 Å². The van der Waals surface area contributed by atoms with Gasteiger partial charge in [0.15, 0.2) is 15.0 Å². The number of benzene rings is 2. The summed E-state index contributed by atoms with van der Waals surface area (Å²) in [4.78, 5) is 23.6. The van der Waals surface area contributed by atoms with Crippen molar-refractivity contribution in [2.24, 2.45) is 0 Å². The summed E-state index contributed by atoms with van der Waals surface area (Å²) in [6, 6.07) is 12.6. The SMILES string of the molecule is CCSc1ccc(C(=O)N(CCN2CCOCC2)c2nc3ccc(S(C)(=O)=O)cc3s2)cc1.Cl. The molecule has 0 unspecified atom stereocenters. The van der Waals surface area contributed by atoms with Gasteiger partial charge in [-0.2, -0.15) is 0 Å². The number of anilines is 1. The molecule has 11 heteroatoms. The molecular weight excluding hydrogens is 514 g/mol. The molecule has 1 amide bonds. The van der Waals surface area contributed by atoms with Crippen molar-refractivity contribution in [3.63, 3.8) is 0 Å². The Morgan fingerprint density at radius 3 is 2.53 bits per heavy atom. The number of nitrogens with zero attached hydrogens (tertiary/aromatic N) is 3. The third-order valence-electron chi connectivity index (χ3n) is 5.41. The van der Waals surface area contributed by atoms with Gasteiger partial charge in [-0.05, 0) is 48.2 Å². The number of morpholine rings is 1. The number of ether oxygens (including phenoxy) is 1. The van der Waals surface area contributed by atoms with Crippen LogP contribution in [0.3, 0.4) is 0 Å². The van der Waals surface area contributed by atoms with E-state index in [1.807, 2.05) is 24.3 Å². The summed E-state index contributed by atoms with van der Waals surface area (Å²) < 4.78 is 30.1. The van der Waals surface area contributed by atoms with E-state index >= 15 is 0 Å². The fourth-order valence-corrected chi connectivity index (χ4v) is 6.02. The maximum atomic E-state index is 13.5. The van der Waals surface area contributed by atoms with E-state index in [1.165, 1.54) is 17.6 Å². The van der Waals surface area contributed by atoms with E-state index in [4.69, 9.17) is 4.74 Å². The smallest absolute Gasteiger partial charge is 0.260 e. The van der Waals surface area contributed by atoms with E-state index in [9.17, 15) is 13.2 Å². The molecule has 0 radical (unpaired) electrons. The summed E-state index contributed by atoms with van der Waals surface area (Å²) >= 11 is 3.07. The molecule has 0 saturated carbocycles. The molecule has 0 spiro atoms. The minimum atomic E-state index is -3.32. The Hall–Kier alpha value is -1.69. The highest BCUT2D eigenvalue weighted by molar-refractivity contribution is 7.99. The highest BCUT2D eigenvalue weighted by Crippen LogP contribution is 2.31. The molecule has 1 aliphatic rings. The Kier molecular flexibility index (Phi) is 9.36. The van der Waals surface area contributed by atoms with Crippen LogP contribution >= 0.6 is 35.5 Å². The second-order valence-electron chi connectivity index (χ2n) is 7.77. The van der Waals surface area contributed by atoms with Crippen molar-refractivity contribution in [2.75, 3.05) is 56.3 Å². The zero-order valence-electron chi connectivity index (χ0n) is 19.1. The van der Waals surface area contributed by atoms with Gasteiger partial charge in [-0.1, -0.05) is 18.3 Å². The van der Waals surface area contributed by atoms with E-state index in [0.717, 1.165) is 28.4 Å². The number of halogens is 1. The number of carbonyl (C=O) groups excluding carboxylic acids is 1. The quantitative estimate of drug-likeness (QED) is 0.395. The average molecular weight is 542 g/mol. The van der Waals surface area contributed by atoms with Crippen LogP contribution < -0.4 is 4.90 Å². The number of carbonyl (C=O) groups is 1. The molecule has 1 saturated heterocycles. The fourth-order valence-electron chi connectivity index (χ4n) is 3.61. The summed E-state index contributed by atoms with van der Waals surface area (Å²) in [7, 11) is -3.32. The molecule has 2 heterocycles. The second-order valence-corrected chi connectivity index (χ2v) is 12.1. The molecule has 1 aromatic heterocycles. The van der Waals surface area contributed by atoms with Crippen LogP contribution in [-0.4, -0.2) is 75.6 Å². The third-order valence-corrected chi connectivity index (χ3v) is 8.45. The van der Waals surface area contributed by atoms with Crippen molar-refractivity contribution in [3.05, 3.63) is 48.0 Å². The molecule has 1 aliphatic heterocycles. The van der Waals surface area contributed by atoms with Gasteiger partial charge in [-0.3, -0.25) is 14.6 Å². The number of hydrogen-bond donors (Lipinski definition) is 0. The van der Waals surface area contributed by atoms with E-state index in [1.54, 1.807) is 34.9 Å². The Bertz CT molecular complexity index is 1230. The lowest BCUT2D eigenvalue weighted by Crippen LogP contribution is -2.43. The molecule has 2 aromatic carbocycles. The molecule has 0 bridgehead atoms. The summed E-state index contributed by atoms with van der Waals surface area (Å²) in [5.41, 5.74) is 1.29.